The molecule has 15 rings (SSSR count). The highest BCUT2D eigenvalue weighted by atomic mass is 32.2. The summed E-state index contributed by atoms with van der Waals surface area (Å²) in [5.41, 5.74) is 17.6. The summed E-state index contributed by atoms with van der Waals surface area (Å²) in [6.07, 6.45) is 0. The number of fused-ring (bicyclic) bond motifs is 21. The number of para-hydroxylation sites is 2. The van der Waals surface area contributed by atoms with Crippen LogP contribution in [0.25, 0.3) is 43.8 Å². The molecule has 2 aliphatic carbocycles. The maximum Gasteiger partial charge on any atom is 0.132 e. The van der Waals surface area contributed by atoms with Gasteiger partial charge in [0.1, 0.15) is 11.5 Å². The van der Waals surface area contributed by atoms with Crippen molar-refractivity contribution >= 4 is 50.4 Å². The lowest BCUT2D eigenvalue weighted by atomic mass is 9.66. The molecule has 0 fully saturated rings. The molecule has 2 heterocycles. The lowest BCUT2D eigenvalue weighted by Gasteiger charge is -2.39. The summed E-state index contributed by atoms with van der Waals surface area (Å²) in [6.45, 7) is 0. The van der Waals surface area contributed by atoms with E-state index in [2.05, 4.69) is 241 Å². The van der Waals surface area contributed by atoms with Crippen molar-refractivity contribution in [3.8, 4) is 33.8 Å². The molecule has 0 saturated carbocycles. The molecule has 2 nitrogen and oxygen atoms in total. The number of benzene rings is 11. The second kappa shape index (κ2) is 13.7. The third-order valence-electron chi connectivity index (χ3n) is 15.2. The molecule has 0 saturated heterocycles. The molecule has 4 aliphatic rings. The first-order valence-electron chi connectivity index (χ1n) is 23.2. The van der Waals surface area contributed by atoms with E-state index in [9.17, 15) is 0 Å². The Kier molecular flexibility index (Phi) is 7.60. The Morgan fingerprint density at radius 1 is 0.299 bits per heavy atom. The summed E-state index contributed by atoms with van der Waals surface area (Å²) in [7, 11) is 0. The smallest absolute Gasteiger partial charge is 0.132 e. The molecule has 0 unspecified atom stereocenters. The Morgan fingerprint density at radius 2 is 0.716 bits per heavy atom. The highest BCUT2D eigenvalue weighted by molar-refractivity contribution is 7.99. The van der Waals surface area contributed by atoms with Gasteiger partial charge in [0.05, 0.1) is 10.8 Å². The van der Waals surface area contributed by atoms with Crippen LogP contribution in [0.3, 0.4) is 0 Å². The first kappa shape index (κ1) is 37.1. The van der Waals surface area contributed by atoms with Crippen molar-refractivity contribution in [3.05, 3.63) is 281 Å². The van der Waals surface area contributed by atoms with Crippen LogP contribution >= 0.6 is 11.8 Å². The Labute approximate surface area is 393 Å². The Hall–Kier alpha value is -8.11. The first-order chi connectivity index (χ1) is 33.2. The summed E-state index contributed by atoms with van der Waals surface area (Å²) < 4.78 is 6.67. The van der Waals surface area contributed by atoms with Gasteiger partial charge in [0.2, 0.25) is 0 Å². The van der Waals surface area contributed by atoms with Crippen LogP contribution in [0.1, 0.15) is 44.5 Å². The van der Waals surface area contributed by atoms with Gasteiger partial charge in [-0.3, -0.25) is 0 Å². The number of hydrogen-bond donors (Lipinski definition) is 0. The average Bonchev–Trinajstić information content (AvgIpc) is 3.84. The zero-order chi connectivity index (χ0) is 43.8. The van der Waals surface area contributed by atoms with E-state index < -0.39 is 10.8 Å². The van der Waals surface area contributed by atoms with Gasteiger partial charge < -0.3 is 9.64 Å². The molecule has 11 aromatic rings. The Balaban J connectivity index is 0.989. The molecule has 0 atom stereocenters. The van der Waals surface area contributed by atoms with Crippen molar-refractivity contribution in [2.24, 2.45) is 0 Å². The van der Waals surface area contributed by atoms with Crippen molar-refractivity contribution in [2.45, 2.75) is 20.6 Å². The largest absolute Gasteiger partial charge is 0.457 e. The molecular formula is C64H39NOS. The highest BCUT2D eigenvalue weighted by Gasteiger charge is 2.52. The molecule has 0 radical (unpaired) electrons. The first-order valence-corrected chi connectivity index (χ1v) is 24.0. The van der Waals surface area contributed by atoms with Gasteiger partial charge in [0.25, 0.3) is 0 Å². The van der Waals surface area contributed by atoms with Crippen molar-refractivity contribution in [2.75, 3.05) is 4.90 Å². The summed E-state index contributed by atoms with van der Waals surface area (Å²) in [5, 5.41) is 4.97. The van der Waals surface area contributed by atoms with E-state index in [0.717, 1.165) is 28.6 Å². The molecule has 0 aromatic heterocycles. The normalized spacial score (nSPS) is 14.6. The third-order valence-corrected chi connectivity index (χ3v) is 16.3. The summed E-state index contributed by atoms with van der Waals surface area (Å²) in [5.74, 6) is 1.80. The van der Waals surface area contributed by atoms with E-state index in [1.807, 2.05) is 11.8 Å². The van der Waals surface area contributed by atoms with Crippen LogP contribution in [0.15, 0.2) is 246 Å². The van der Waals surface area contributed by atoms with Crippen molar-refractivity contribution < 1.29 is 4.74 Å². The van der Waals surface area contributed by atoms with E-state index in [1.54, 1.807) is 0 Å². The number of rotatable bonds is 3. The Morgan fingerprint density at radius 3 is 1.33 bits per heavy atom. The van der Waals surface area contributed by atoms with Gasteiger partial charge >= 0.3 is 0 Å². The molecule has 2 aliphatic heterocycles. The monoisotopic (exact) mass is 869 g/mol. The molecule has 312 valence electrons. The summed E-state index contributed by atoms with van der Waals surface area (Å²) in [4.78, 5) is 5.11. The average molecular weight is 870 g/mol. The zero-order valence-corrected chi connectivity index (χ0v) is 37.1. The van der Waals surface area contributed by atoms with Crippen LogP contribution in [-0.2, 0) is 10.8 Å². The van der Waals surface area contributed by atoms with E-state index in [4.69, 9.17) is 4.74 Å². The number of anilines is 3. The molecule has 11 aromatic carbocycles. The molecule has 0 amide bonds. The number of hydrogen-bond acceptors (Lipinski definition) is 3. The SMILES string of the molecule is c1ccc2c(c1)Oc1ccccc1C21c2ccccc2-c2cc(N(c3ccc4c(c3)-c3ccccc3C43c4ccccc4Sc4ccccc43)c3ccc4c(ccc5ccccc54)c3)ccc21. The van der Waals surface area contributed by atoms with E-state index in [1.165, 1.54) is 98.1 Å². The van der Waals surface area contributed by atoms with E-state index in [-0.39, 0.29) is 0 Å². The molecule has 67 heavy (non-hydrogen) atoms. The van der Waals surface area contributed by atoms with Gasteiger partial charge in [0, 0.05) is 38.0 Å². The van der Waals surface area contributed by atoms with Gasteiger partial charge in [-0.15, -0.1) is 0 Å². The minimum Gasteiger partial charge on any atom is -0.457 e. The van der Waals surface area contributed by atoms with Crippen LogP contribution in [-0.4, -0.2) is 0 Å². The lowest BCUT2D eigenvalue weighted by molar-refractivity contribution is 0.436. The standard InChI is InChI=1S/C64H39NOS/c1-2-16-45-40(15-1)29-30-41-37-42(31-34-46(41)45)65(43-32-35-53-49(38-43)47-17-3-5-19-51(47)63(53)55-21-7-11-25-59(55)66-60-26-12-8-22-56(60)63)44-33-36-54-50(39-44)48-18-4-6-20-52(48)64(54)57-23-9-13-27-61(57)67-62-28-14-10-24-58(62)64/h1-39H. The van der Waals surface area contributed by atoms with Gasteiger partial charge in [-0.05, 0) is 138 Å². The van der Waals surface area contributed by atoms with Crippen molar-refractivity contribution in [1.82, 2.24) is 0 Å². The van der Waals surface area contributed by atoms with Gasteiger partial charge in [-0.2, -0.15) is 0 Å². The molecule has 3 heteroatoms. The van der Waals surface area contributed by atoms with E-state index in [0.29, 0.717) is 0 Å². The molecule has 2 spiro atoms. The predicted molar refractivity (Wildman–Crippen MR) is 275 cm³/mol. The second-order valence-corrected chi connectivity index (χ2v) is 19.4. The quantitative estimate of drug-likeness (QED) is 0.164. The highest BCUT2D eigenvalue weighted by Crippen LogP contribution is 2.64. The Bertz CT molecular complexity index is 3630. The van der Waals surface area contributed by atoms with Crippen LogP contribution in [0.2, 0.25) is 0 Å². The third kappa shape index (κ3) is 4.86. The van der Waals surface area contributed by atoms with Crippen molar-refractivity contribution in [1.29, 1.82) is 0 Å². The second-order valence-electron chi connectivity index (χ2n) is 18.3. The van der Waals surface area contributed by atoms with E-state index >= 15 is 0 Å². The molecule has 0 N–H and O–H groups in total. The number of ether oxygens (including phenoxy) is 1. The lowest BCUT2D eigenvalue weighted by Crippen LogP contribution is -2.32. The van der Waals surface area contributed by atoms with Crippen LogP contribution in [0.5, 0.6) is 11.5 Å². The fourth-order valence-electron chi connectivity index (χ4n) is 12.6. The zero-order valence-electron chi connectivity index (χ0n) is 36.3. The van der Waals surface area contributed by atoms with Crippen molar-refractivity contribution in [3.63, 3.8) is 0 Å². The van der Waals surface area contributed by atoms with Gasteiger partial charge in [0.15, 0.2) is 0 Å². The fraction of sp³-hybridized carbons (Fsp3) is 0.0312. The van der Waals surface area contributed by atoms with Gasteiger partial charge in [-0.1, -0.05) is 188 Å². The fourth-order valence-corrected chi connectivity index (χ4v) is 13.8. The maximum absolute atomic E-state index is 6.67. The summed E-state index contributed by atoms with van der Waals surface area (Å²) >= 11 is 1.89. The minimum absolute atomic E-state index is 0.445. The van der Waals surface area contributed by atoms with Crippen LogP contribution in [0, 0.1) is 0 Å². The summed E-state index contributed by atoms with van der Waals surface area (Å²) in [6, 6.07) is 88.1. The topological polar surface area (TPSA) is 12.5 Å². The predicted octanol–water partition coefficient (Wildman–Crippen LogP) is 16.8. The number of nitrogens with zero attached hydrogens (tertiary/aromatic N) is 1. The maximum atomic E-state index is 6.67. The molecular weight excluding hydrogens is 831 g/mol. The molecule has 0 bridgehead atoms. The van der Waals surface area contributed by atoms with Gasteiger partial charge in [-0.25, -0.2) is 0 Å². The minimum atomic E-state index is -0.540. The van der Waals surface area contributed by atoms with Crippen LogP contribution < -0.4 is 9.64 Å². The van der Waals surface area contributed by atoms with Crippen LogP contribution in [0.4, 0.5) is 17.1 Å².